The first-order valence-electron chi connectivity index (χ1n) is 7.51. The third-order valence-electron chi connectivity index (χ3n) is 3.35. The van der Waals surface area contributed by atoms with Crippen LogP contribution >= 0.6 is 0 Å². The number of carboxylic acids is 1. The quantitative estimate of drug-likeness (QED) is 0.316. The smallest absolute Gasteiger partial charge is 0.308 e. The number of unbranched alkanes of at least 4 members (excludes halogenated alkanes) is 1. The van der Waals surface area contributed by atoms with Gasteiger partial charge in [-0.2, -0.15) is 0 Å². The molecule has 0 aliphatic heterocycles. The van der Waals surface area contributed by atoms with Gasteiger partial charge in [-0.15, -0.1) is 0 Å². The normalized spacial score (nSPS) is 10.5. The van der Waals surface area contributed by atoms with Crippen molar-refractivity contribution in [3.05, 3.63) is 40.2 Å². The number of fused-ring (bicyclic) bond motifs is 1. The number of aromatic amines is 1. The fourth-order valence-corrected chi connectivity index (χ4v) is 2.22. The molecule has 0 saturated carbocycles. The van der Waals surface area contributed by atoms with Gasteiger partial charge in [-0.1, -0.05) is 0 Å². The van der Waals surface area contributed by atoms with E-state index in [2.05, 4.69) is 9.98 Å². The molecule has 0 radical (unpaired) electrons. The Morgan fingerprint density at radius 1 is 1.25 bits per heavy atom. The Morgan fingerprint density at radius 3 is 2.75 bits per heavy atom. The van der Waals surface area contributed by atoms with E-state index in [1.807, 2.05) is 0 Å². The maximum Gasteiger partial charge on any atom is 0.308 e. The van der Waals surface area contributed by atoms with Crippen LogP contribution in [0.1, 0.15) is 18.4 Å². The van der Waals surface area contributed by atoms with E-state index in [9.17, 15) is 9.59 Å². The number of hydrogen-bond donors (Lipinski definition) is 4. The van der Waals surface area contributed by atoms with Gasteiger partial charge in [0.1, 0.15) is 5.75 Å². The lowest BCUT2D eigenvalue weighted by Gasteiger charge is -2.07. The summed E-state index contributed by atoms with van der Waals surface area (Å²) in [5.41, 5.74) is 10.9. The fraction of sp³-hybridized carbons (Fsp3) is 0.312. The molecule has 0 unspecified atom stereocenters. The van der Waals surface area contributed by atoms with Gasteiger partial charge >= 0.3 is 5.97 Å². The van der Waals surface area contributed by atoms with Crippen molar-refractivity contribution in [3.63, 3.8) is 0 Å². The van der Waals surface area contributed by atoms with Gasteiger partial charge in [0, 0.05) is 18.2 Å². The maximum absolute atomic E-state index is 11.9. The Kier molecular flexibility index (Phi) is 5.78. The van der Waals surface area contributed by atoms with Crippen molar-refractivity contribution < 1.29 is 14.6 Å². The van der Waals surface area contributed by atoms with Crippen LogP contribution in [0.15, 0.2) is 34.1 Å². The number of guanidine groups is 1. The molecular weight excluding hydrogens is 312 g/mol. The largest absolute Gasteiger partial charge is 0.494 e. The molecule has 0 spiro atoms. The number of carbonyl (C=O) groups is 1. The summed E-state index contributed by atoms with van der Waals surface area (Å²) in [6.07, 6.45) is 1.29. The average molecular weight is 332 g/mol. The van der Waals surface area contributed by atoms with Crippen LogP contribution in [-0.2, 0) is 11.2 Å². The average Bonchev–Trinajstić information content (AvgIpc) is 2.51. The lowest BCUT2D eigenvalue weighted by molar-refractivity contribution is -0.136. The van der Waals surface area contributed by atoms with Crippen molar-refractivity contribution >= 4 is 22.8 Å². The molecule has 8 heteroatoms. The van der Waals surface area contributed by atoms with Crippen molar-refractivity contribution in [1.29, 1.82) is 0 Å². The molecule has 0 atom stereocenters. The van der Waals surface area contributed by atoms with E-state index >= 15 is 0 Å². The minimum Gasteiger partial charge on any atom is -0.494 e. The number of H-pyrrole nitrogens is 1. The number of aromatic nitrogens is 1. The number of rotatable bonds is 8. The van der Waals surface area contributed by atoms with E-state index in [4.69, 9.17) is 21.3 Å². The highest BCUT2D eigenvalue weighted by Gasteiger charge is 2.08. The molecule has 128 valence electrons. The van der Waals surface area contributed by atoms with Crippen molar-refractivity contribution in [1.82, 2.24) is 4.98 Å². The van der Waals surface area contributed by atoms with Gasteiger partial charge in [0.25, 0.3) is 5.56 Å². The van der Waals surface area contributed by atoms with Crippen molar-refractivity contribution in [3.8, 4) is 5.75 Å². The Labute approximate surface area is 138 Å². The number of nitrogens with two attached hydrogens (primary N) is 2. The molecule has 6 N–H and O–H groups in total. The fourth-order valence-electron chi connectivity index (χ4n) is 2.22. The van der Waals surface area contributed by atoms with E-state index in [0.717, 1.165) is 18.2 Å². The summed E-state index contributed by atoms with van der Waals surface area (Å²) in [6.45, 7) is 1.07. The zero-order valence-corrected chi connectivity index (χ0v) is 13.1. The van der Waals surface area contributed by atoms with E-state index in [1.54, 1.807) is 24.3 Å². The molecular formula is C16H20N4O4. The molecule has 0 saturated heterocycles. The molecule has 0 aliphatic carbocycles. The van der Waals surface area contributed by atoms with E-state index in [-0.39, 0.29) is 17.9 Å². The lowest BCUT2D eigenvalue weighted by atomic mass is 10.1. The van der Waals surface area contributed by atoms with Crippen LogP contribution in [0.3, 0.4) is 0 Å². The summed E-state index contributed by atoms with van der Waals surface area (Å²) < 4.78 is 5.63. The molecule has 2 aromatic rings. The third-order valence-corrected chi connectivity index (χ3v) is 3.35. The van der Waals surface area contributed by atoms with Gasteiger partial charge in [0.2, 0.25) is 0 Å². The first-order chi connectivity index (χ1) is 11.5. The van der Waals surface area contributed by atoms with Crippen molar-refractivity contribution in [2.75, 3.05) is 13.2 Å². The molecule has 0 bridgehead atoms. The number of aliphatic imine (C=N–C) groups is 1. The van der Waals surface area contributed by atoms with E-state index in [0.29, 0.717) is 24.4 Å². The van der Waals surface area contributed by atoms with Crippen LogP contribution in [-0.4, -0.2) is 35.2 Å². The molecule has 0 aliphatic rings. The van der Waals surface area contributed by atoms with Gasteiger partial charge in [0.05, 0.1) is 18.5 Å². The Bertz CT molecular complexity index is 809. The van der Waals surface area contributed by atoms with Crippen molar-refractivity contribution in [2.45, 2.75) is 19.3 Å². The number of benzene rings is 1. The summed E-state index contributed by atoms with van der Waals surface area (Å²) in [7, 11) is 0. The highest BCUT2D eigenvalue weighted by molar-refractivity contribution is 5.81. The van der Waals surface area contributed by atoms with Crippen LogP contribution in [0.4, 0.5) is 0 Å². The van der Waals surface area contributed by atoms with Gasteiger partial charge in [-0.3, -0.25) is 14.6 Å². The number of ether oxygens (including phenoxy) is 1. The monoisotopic (exact) mass is 332 g/mol. The Morgan fingerprint density at radius 2 is 2.04 bits per heavy atom. The number of nitrogens with zero attached hydrogens (tertiary/aromatic N) is 1. The first-order valence-corrected chi connectivity index (χ1v) is 7.51. The highest BCUT2D eigenvalue weighted by atomic mass is 16.5. The second-order valence-corrected chi connectivity index (χ2v) is 5.31. The lowest BCUT2D eigenvalue weighted by Crippen LogP contribution is -2.23. The zero-order valence-electron chi connectivity index (χ0n) is 13.1. The summed E-state index contributed by atoms with van der Waals surface area (Å²) >= 11 is 0. The summed E-state index contributed by atoms with van der Waals surface area (Å²) in [4.78, 5) is 29.2. The number of nitrogens with one attached hydrogen (secondary N) is 1. The molecule has 1 heterocycles. The van der Waals surface area contributed by atoms with Crippen LogP contribution in [0, 0.1) is 0 Å². The summed E-state index contributed by atoms with van der Waals surface area (Å²) in [6, 6.07) is 6.87. The van der Waals surface area contributed by atoms with Crippen molar-refractivity contribution in [2.24, 2.45) is 16.5 Å². The molecule has 8 nitrogen and oxygen atoms in total. The zero-order chi connectivity index (χ0) is 17.5. The van der Waals surface area contributed by atoms with E-state index in [1.165, 1.54) is 0 Å². The van der Waals surface area contributed by atoms with Gasteiger partial charge in [-0.25, -0.2) is 0 Å². The second-order valence-electron chi connectivity index (χ2n) is 5.31. The number of pyridine rings is 1. The standard InChI is InChI=1S/C16H20N4O4/c17-16(18)19-5-1-2-6-24-12-4-3-10-7-11(8-14(21)22)15(23)20-13(10)9-12/h3-4,7,9H,1-2,5-6,8H2,(H,20,23)(H,21,22)(H4,17,18,19). The third kappa shape index (κ3) is 5.01. The number of aliphatic carboxylic acids is 1. The first kappa shape index (κ1) is 17.3. The van der Waals surface area contributed by atoms with E-state index < -0.39 is 11.5 Å². The molecule has 1 aromatic carbocycles. The molecule has 0 amide bonds. The van der Waals surface area contributed by atoms with Crippen LogP contribution in [0.2, 0.25) is 0 Å². The predicted molar refractivity (Wildman–Crippen MR) is 91.3 cm³/mol. The predicted octanol–water partition coefficient (Wildman–Crippen LogP) is 0.588. The Hall–Kier alpha value is -3.03. The van der Waals surface area contributed by atoms with Crippen LogP contribution in [0.25, 0.3) is 10.9 Å². The highest BCUT2D eigenvalue weighted by Crippen LogP contribution is 2.19. The maximum atomic E-state index is 11.9. The van der Waals surface area contributed by atoms with Gasteiger partial charge in [-0.05, 0) is 36.4 Å². The summed E-state index contributed by atoms with van der Waals surface area (Å²) in [5, 5.41) is 9.56. The van der Waals surface area contributed by atoms with Crippen LogP contribution in [0.5, 0.6) is 5.75 Å². The summed E-state index contributed by atoms with van der Waals surface area (Å²) in [5.74, 6) is -0.330. The van der Waals surface area contributed by atoms with Gasteiger partial charge in [0.15, 0.2) is 5.96 Å². The van der Waals surface area contributed by atoms with Gasteiger partial charge < -0.3 is 26.3 Å². The number of carboxylic acid groups (broad SMARTS) is 1. The molecule has 24 heavy (non-hydrogen) atoms. The van der Waals surface area contributed by atoms with Crippen LogP contribution < -0.4 is 21.8 Å². The molecule has 0 fully saturated rings. The minimum atomic E-state index is -1.04. The minimum absolute atomic E-state index is 0.0802. The molecule has 2 rings (SSSR count). The Balaban J connectivity index is 1.99. The SMILES string of the molecule is NC(N)=NCCCCOc1ccc2cc(CC(=O)O)c(=O)[nH]c2c1. The molecule has 1 aromatic heterocycles. The topological polar surface area (TPSA) is 144 Å². The number of hydrogen-bond acceptors (Lipinski definition) is 4. The second kappa shape index (κ2) is 8.00.